The summed E-state index contributed by atoms with van der Waals surface area (Å²) in [6.07, 6.45) is 0.358. The summed E-state index contributed by atoms with van der Waals surface area (Å²) < 4.78 is 4.52. The van der Waals surface area contributed by atoms with E-state index in [4.69, 9.17) is 0 Å². The lowest BCUT2D eigenvalue weighted by Crippen LogP contribution is -2.03. The molecule has 0 aliphatic carbocycles. The Morgan fingerprint density at radius 1 is 1.33 bits per heavy atom. The first-order valence-corrected chi connectivity index (χ1v) is 3.43. The third-order valence-corrected chi connectivity index (χ3v) is 1.42. The van der Waals surface area contributed by atoms with Gasteiger partial charge in [-0.15, -0.1) is 0 Å². The Kier molecular flexibility index (Phi) is 4.77. The molecule has 1 aromatic rings. The molecule has 0 unspecified atom stereocenters. The Hall–Kier alpha value is -1.31. The second kappa shape index (κ2) is 5.35. The smallest absolute Gasteiger partial charge is 0.309 e. The lowest BCUT2D eigenvalue weighted by Gasteiger charge is -1.97. The molecule has 0 saturated heterocycles. The maximum Gasteiger partial charge on any atom is 0.309 e. The molecule has 1 aromatic carbocycles. The number of rotatable bonds is 2. The van der Waals surface area contributed by atoms with Crippen molar-refractivity contribution in [2.24, 2.45) is 0 Å². The van der Waals surface area contributed by atoms with Crippen molar-refractivity contribution >= 4 is 5.97 Å². The average molecular weight is 166 g/mol. The normalized spacial score (nSPS) is 8.42. The summed E-state index contributed by atoms with van der Waals surface area (Å²) in [6.45, 7) is 0. The number of ether oxygens (including phenoxy) is 1. The van der Waals surface area contributed by atoms with Gasteiger partial charge in [-0.05, 0) is 5.56 Å². The highest BCUT2D eigenvalue weighted by Crippen LogP contribution is 1.99. The number of hydrogen-bond acceptors (Lipinski definition) is 2. The largest absolute Gasteiger partial charge is 0.469 e. The number of esters is 1. The second-order valence-electron chi connectivity index (χ2n) is 2.24. The number of benzene rings is 1. The molecule has 1 rings (SSSR count). The predicted molar refractivity (Wildman–Crippen MR) is 48.9 cm³/mol. The monoisotopic (exact) mass is 166 g/mol. The summed E-state index contributed by atoms with van der Waals surface area (Å²) in [7, 11) is 1.39. The highest BCUT2D eigenvalue weighted by Gasteiger charge is 1.99. The van der Waals surface area contributed by atoms with E-state index >= 15 is 0 Å². The van der Waals surface area contributed by atoms with Crippen LogP contribution in [0.2, 0.25) is 0 Å². The second-order valence-corrected chi connectivity index (χ2v) is 2.24. The predicted octanol–water partition coefficient (Wildman–Crippen LogP) is 2.04. The Balaban J connectivity index is 0.00000121. The lowest BCUT2D eigenvalue weighted by molar-refractivity contribution is -0.139. The van der Waals surface area contributed by atoms with Gasteiger partial charge in [-0.1, -0.05) is 37.8 Å². The fourth-order valence-corrected chi connectivity index (χ4v) is 0.835. The van der Waals surface area contributed by atoms with Crippen LogP contribution in [0, 0.1) is 0 Å². The fourth-order valence-electron chi connectivity index (χ4n) is 0.835. The molecule has 66 valence electrons. The molecule has 0 aliphatic heterocycles. The van der Waals surface area contributed by atoms with Crippen molar-refractivity contribution in [3.8, 4) is 0 Å². The molecule has 0 aromatic heterocycles. The van der Waals surface area contributed by atoms with Crippen LogP contribution in [0.1, 0.15) is 13.0 Å². The van der Waals surface area contributed by atoms with Gasteiger partial charge < -0.3 is 4.74 Å². The topological polar surface area (TPSA) is 26.3 Å². The van der Waals surface area contributed by atoms with Crippen LogP contribution in [-0.4, -0.2) is 13.1 Å². The first kappa shape index (κ1) is 10.7. The van der Waals surface area contributed by atoms with E-state index in [-0.39, 0.29) is 13.4 Å². The summed E-state index contributed by atoms with van der Waals surface area (Å²) in [5, 5.41) is 0. The Bertz CT molecular complexity index is 229. The zero-order valence-corrected chi connectivity index (χ0v) is 6.41. The molecular weight excluding hydrogens is 152 g/mol. The maximum absolute atomic E-state index is 10.8. The van der Waals surface area contributed by atoms with Gasteiger partial charge >= 0.3 is 5.97 Å². The van der Waals surface area contributed by atoms with Crippen molar-refractivity contribution in [2.75, 3.05) is 7.11 Å². The van der Waals surface area contributed by atoms with Gasteiger partial charge in [0, 0.05) is 0 Å². The van der Waals surface area contributed by atoms with E-state index < -0.39 is 0 Å². The standard InChI is InChI=1S/C9H10O2.CH4/c1-11-9(10)7-8-5-3-2-4-6-8;/h2-6H,7H2,1H3;1H4. The van der Waals surface area contributed by atoms with Crippen molar-refractivity contribution in [1.82, 2.24) is 0 Å². The van der Waals surface area contributed by atoms with Crippen molar-refractivity contribution < 1.29 is 9.53 Å². The zero-order valence-electron chi connectivity index (χ0n) is 6.41. The highest BCUT2D eigenvalue weighted by atomic mass is 16.5. The van der Waals surface area contributed by atoms with E-state index in [0.717, 1.165) is 5.56 Å². The molecule has 0 saturated carbocycles. The third-order valence-electron chi connectivity index (χ3n) is 1.42. The van der Waals surface area contributed by atoms with E-state index in [9.17, 15) is 4.79 Å². The molecule has 0 spiro atoms. The van der Waals surface area contributed by atoms with Crippen molar-refractivity contribution in [2.45, 2.75) is 13.8 Å². The zero-order chi connectivity index (χ0) is 8.10. The maximum atomic E-state index is 10.8. The van der Waals surface area contributed by atoms with Gasteiger partial charge in [0.2, 0.25) is 0 Å². The molecule has 2 heteroatoms. The van der Waals surface area contributed by atoms with Crippen molar-refractivity contribution in [3.05, 3.63) is 35.9 Å². The van der Waals surface area contributed by atoms with E-state index in [1.165, 1.54) is 7.11 Å². The van der Waals surface area contributed by atoms with Crippen LogP contribution in [0.25, 0.3) is 0 Å². The van der Waals surface area contributed by atoms with E-state index in [1.54, 1.807) is 0 Å². The quantitative estimate of drug-likeness (QED) is 0.628. The van der Waals surface area contributed by atoms with Crippen LogP contribution < -0.4 is 0 Å². The van der Waals surface area contributed by atoms with E-state index in [1.807, 2.05) is 30.3 Å². The fraction of sp³-hybridized carbons (Fsp3) is 0.300. The summed E-state index contributed by atoms with van der Waals surface area (Å²) >= 11 is 0. The van der Waals surface area contributed by atoms with E-state index in [2.05, 4.69) is 4.74 Å². The van der Waals surface area contributed by atoms with Crippen LogP contribution in [0.15, 0.2) is 30.3 Å². The summed E-state index contributed by atoms with van der Waals surface area (Å²) in [6, 6.07) is 9.52. The molecule has 0 fully saturated rings. The summed E-state index contributed by atoms with van der Waals surface area (Å²) in [4.78, 5) is 10.8. The highest BCUT2D eigenvalue weighted by molar-refractivity contribution is 5.72. The Morgan fingerprint density at radius 2 is 1.92 bits per heavy atom. The minimum atomic E-state index is -0.198. The van der Waals surface area contributed by atoms with Crippen LogP contribution in [-0.2, 0) is 16.0 Å². The molecule has 0 N–H and O–H groups in total. The van der Waals surface area contributed by atoms with Gasteiger partial charge in [0.25, 0.3) is 0 Å². The average Bonchev–Trinajstić information content (AvgIpc) is 2.06. The number of carbonyl (C=O) groups is 1. The number of methoxy groups -OCH3 is 1. The molecule has 2 nitrogen and oxygen atoms in total. The molecule has 0 bridgehead atoms. The first-order chi connectivity index (χ1) is 5.33. The van der Waals surface area contributed by atoms with Gasteiger partial charge in [0.1, 0.15) is 0 Å². The Labute approximate surface area is 73.2 Å². The number of hydrogen-bond donors (Lipinski definition) is 0. The van der Waals surface area contributed by atoms with Crippen LogP contribution >= 0.6 is 0 Å². The van der Waals surface area contributed by atoms with Crippen LogP contribution in [0.5, 0.6) is 0 Å². The van der Waals surface area contributed by atoms with Gasteiger partial charge in [-0.3, -0.25) is 4.79 Å². The third kappa shape index (κ3) is 3.19. The molecule has 0 radical (unpaired) electrons. The van der Waals surface area contributed by atoms with Crippen LogP contribution in [0.3, 0.4) is 0 Å². The first-order valence-electron chi connectivity index (χ1n) is 3.43. The molecule has 0 amide bonds. The number of carbonyl (C=O) groups excluding carboxylic acids is 1. The van der Waals surface area contributed by atoms with Gasteiger partial charge in [0.15, 0.2) is 0 Å². The van der Waals surface area contributed by atoms with Crippen LogP contribution in [0.4, 0.5) is 0 Å². The molecule has 0 heterocycles. The SMILES string of the molecule is C.COC(=O)Cc1ccccc1. The van der Waals surface area contributed by atoms with E-state index in [0.29, 0.717) is 6.42 Å². The van der Waals surface area contributed by atoms with Gasteiger partial charge in [-0.2, -0.15) is 0 Å². The van der Waals surface area contributed by atoms with Gasteiger partial charge in [0.05, 0.1) is 13.5 Å². The molecule has 0 atom stereocenters. The Morgan fingerprint density at radius 3 is 2.42 bits per heavy atom. The summed E-state index contributed by atoms with van der Waals surface area (Å²) in [5.74, 6) is -0.198. The minimum Gasteiger partial charge on any atom is -0.469 e. The molecule has 12 heavy (non-hydrogen) atoms. The molecular formula is C10H14O2. The minimum absolute atomic E-state index is 0. The van der Waals surface area contributed by atoms with Crippen molar-refractivity contribution in [1.29, 1.82) is 0 Å². The van der Waals surface area contributed by atoms with Crippen molar-refractivity contribution in [3.63, 3.8) is 0 Å². The summed E-state index contributed by atoms with van der Waals surface area (Å²) in [5.41, 5.74) is 0.986. The molecule has 0 aliphatic rings. The lowest BCUT2D eigenvalue weighted by atomic mass is 10.2. The van der Waals surface area contributed by atoms with Gasteiger partial charge in [-0.25, -0.2) is 0 Å².